The Hall–Kier alpha value is -0.530. The van der Waals surface area contributed by atoms with E-state index in [2.05, 4.69) is 45.9 Å². The van der Waals surface area contributed by atoms with Crippen LogP contribution in [0.1, 0.15) is 64.0 Å². The standard InChI is InChI=1S/C19H30ClN/c1-14-7-8-15(17(20)12-14)13-19(21)10-5-6-16(9-11-19)18(2,3)4/h7-8,12,16H,5-6,9-11,13,21H2,1-4H3. The highest BCUT2D eigenvalue weighted by molar-refractivity contribution is 6.31. The summed E-state index contributed by atoms with van der Waals surface area (Å²) in [6, 6.07) is 6.34. The largest absolute Gasteiger partial charge is 0.325 e. The van der Waals surface area contributed by atoms with E-state index in [9.17, 15) is 0 Å². The predicted octanol–water partition coefficient (Wildman–Crippen LogP) is 5.51. The van der Waals surface area contributed by atoms with Gasteiger partial charge in [0.05, 0.1) is 0 Å². The number of benzene rings is 1. The third-order valence-electron chi connectivity index (χ3n) is 5.19. The van der Waals surface area contributed by atoms with Gasteiger partial charge in [-0.05, 0) is 67.6 Å². The first-order valence-corrected chi connectivity index (χ1v) is 8.61. The van der Waals surface area contributed by atoms with E-state index in [1.807, 2.05) is 0 Å². The molecule has 118 valence electrons. The van der Waals surface area contributed by atoms with Gasteiger partial charge < -0.3 is 5.73 Å². The Morgan fingerprint density at radius 2 is 1.95 bits per heavy atom. The summed E-state index contributed by atoms with van der Waals surface area (Å²) in [6.45, 7) is 9.15. The van der Waals surface area contributed by atoms with Crippen LogP contribution in [0.4, 0.5) is 0 Å². The van der Waals surface area contributed by atoms with Crippen molar-refractivity contribution in [1.29, 1.82) is 0 Å². The minimum Gasteiger partial charge on any atom is -0.325 e. The summed E-state index contributed by atoms with van der Waals surface area (Å²) in [7, 11) is 0. The van der Waals surface area contributed by atoms with Gasteiger partial charge >= 0.3 is 0 Å². The molecule has 0 aliphatic heterocycles. The minimum atomic E-state index is -0.0844. The summed E-state index contributed by atoms with van der Waals surface area (Å²) >= 11 is 6.40. The van der Waals surface area contributed by atoms with E-state index in [4.69, 9.17) is 17.3 Å². The summed E-state index contributed by atoms with van der Waals surface area (Å²) in [5.41, 5.74) is 9.48. The van der Waals surface area contributed by atoms with Crippen LogP contribution in [0, 0.1) is 18.3 Å². The fourth-order valence-electron chi connectivity index (χ4n) is 3.65. The molecule has 1 aliphatic carbocycles. The molecule has 0 heterocycles. The number of rotatable bonds is 2. The van der Waals surface area contributed by atoms with Crippen LogP contribution >= 0.6 is 11.6 Å². The average molecular weight is 308 g/mol. The highest BCUT2D eigenvalue weighted by Gasteiger charge is 2.34. The highest BCUT2D eigenvalue weighted by Crippen LogP contribution is 2.40. The molecule has 1 nitrogen and oxygen atoms in total. The third-order valence-corrected chi connectivity index (χ3v) is 5.55. The van der Waals surface area contributed by atoms with Gasteiger partial charge in [0.2, 0.25) is 0 Å². The second-order valence-corrected chi connectivity index (χ2v) is 8.54. The third kappa shape index (κ3) is 4.47. The molecule has 1 saturated carbocycles. The lowest BCUT2D eigenvalue weighted by molar-refractivity contribution is 0.210. The maximum atomic E-state index is 6.74. The average Bonchev–Trinajstić information content (AvgIpc) is 2.55. The summed E-state index contributed by atoms with van der Waals surface area (Å²) in [4.78, 5) is 0. The lowest BCUT2D eigenvalue weighted by atomic mass is 9.76. The quantitative estimate of drug-likeness (QED) is 0.716. The van der Waals surface area contributed by atoms with E-state index in [0.29, 0.717) is 5.41 Å². The zero-order chi connectivity index (χ0) is 15.7. The van der Waals surface area contributed by atoms with Gasteiger partial charge in [-0.25, -0.2) is 0 Å². The van der Waals surface area contributed by atoms with Gasteiger partial charge in [0, 0.05) is 10.6 Å². The first kappa shape index (κ1) is 16.8. The normalized spacial score (nSPS) is 27.4. The zero-order valence-corrected chi connectivity index (χ0v) is 14.8. The van der Waals surface area contributed by atoms with E-state index < -0.39 is 0 Å². The molecule has 0 amide bonds. The second-order valence-electron chi connectivity index (χ2n) is 8.13. The molecule has 1 aliphatic rings. The van der Waals surface area contributed by atoms with Crippen molar-refractivity contribution < 1.29 is 0 Å². The van der Waals surface area contributed by atoms with Gasteiger partial charge in [-0.1, -0.05) is 50.9 Å². The molecule has 0 spiro atoms. The Bertz CT molecular complexity index is 489. The Morgan fingerprint density at radius 1 is 1.24 bits per heavy atom. The van der Waals surface area contributed by atoms with Crippen molar-refractivity contribution in [1.82, 2.24) is 0 Å². The molecule has 1 aromatic rings. The fraction of sp³-hybridized carbons (Fsp3) is 0.684. The van der Waals surface area contributed by atoms with Crippen LogP contribution in [0.3, 0.4) is 0 Å². The van der Waals surface area contributed by atoms with Gasteiger partial charge in [-0.15, -0.1) is 0 Å². The van der Waals surface area contributed by atoms with Crippen molar-refractivity contribution in [3.8, 4) is 0 Å². The molecule has 1 fully saturated rings. The first-order chi connectivity index (χ1) is 9.70. The zero-order valence-electron chi connectivity index (χ0n) is 14.0. The minimum absolute atomic E-state index is 0.0844. The molecule has 0 radical (unpaired) electrons. The number of halogens is 1. The lowest BCUT2D eigenvalue weighted by Crippen LogP contribution is -2.41. The SMILES string of the molecule is Cc1ccc(CC2(N)CCCC(C(C)(C)C)CC2)c(Cl)c1. The van der Waals surface area contributed by atoms with Crippen LogP contribution in [0.25, 0.3) is 0 Å². The Kier molecular flexibility index (Phi) is 5.05. The van der Waals surface area contributed by atoms with Gasteiger partial charge in [-0.3, -0.25) is 0 Å². The number of nitrogens with two attached hydrogens (primary N) is 1. The maximum Gasteiger partial charge on any atom is 0.0441 e. The Balaban J connectivity index is 2.08. The summed E-state index contributed by atoms with van der Waals surface area (Å²) in [5.74, 6) is 0.788. The second kappa shape index (κ2) is 6.30. The smallest absolute Gasteiger partial charge is 0.0441 e. The van der Waals surface area contributed by atoms with E-state index in [0.717, 1.165) is 30.2 Å². The molecule has 1 aromatic carbocycles. The van der Waals surface area contributed by atoms with Crippen molar-refractivity contribution in [2.45, 2.75) is 71.8 Å². The maximum absolute atomic E-state index is 6.74. The van der Waals surface area contributed by atoms with Crippen molar-refractivity contribution in [2.75, 3.05) is 0 Å². The van der Waals surface area contributed by atoms with Gasteiger partial charge in [0.25, 0.3) is 0 Å². The van der Waals surface area contributed by atoms with Crippen LogP contribution in [0.2, 0.25) is 5.02 Å². The van der Waals surface area contributed by atoms with Gasteiger partial charge in [-0.2, -0.15) is 0 Å². The Morgan fingerprint density at radius 3 is 2.57 bits per heavy atom. The summed E-state index contributed by atoms with van der Waals surface area (Å²) in [6.07, 6.45) is 6.92. The summed E-state index contributed by atoms with van der Waals surface area (Å²) in [5, 5.41) is 0.872. The van der Waals surface area contributed by atoms with E-state index in [1.165, 1.54) is 30.4 Å². The van der Waals surface area contributed by atoms with Crippen molar-refractivity contribution in [3.05, 3.63) is 34.3 Å². The highest BCUT2D eigenvalue weighted by atomic mass is 35.5. The van der Waals surface area contributed by atoms with E-state index >= 15 is 0 Å². The molecule has 0 saturated heterocycles. The summed E-state index contributed by atoms with van der Waals surface area (Å²) < 4.78 is 0. The molecule has 2 N–H and O–H groups in total. The fourth-order valence-corrected chi connectivity index (χ4v) is 3.95. The van der Waals surface area contributed by atoms with Crippen LogP contribution < -0.4 is 5.73 Å². The first-order valence-electron chi connectivity index (χ1n) is 8.24. The predicted molar refractivity (Wildman–Crippen MR) is 92.8 cm³/mol. The van der Waals surface area contributed by atoms with Crippen LogP contribution in [0.15, 0.2) is 18.2 Å². The van der Waals surface area contributed by atoms with Crippen LogP contribution in [0.5, 0.6) is 0 Å². The molecule has 21 heavy (non-hydrogen) atoms. The molecule has 2 heteroatoms. The van der Waals surface area contributed by atoms with Crippen molar-refractivity contribution in [3.63, 3.8) is 0 Å². The van der Waals surface area contributed by atoms with Crippen molar-refractivity contribution in [2.24, 2.45) is 17.1 Å². The monoisotopic (exact) mass is 307 g/mol. The number of hydrogen-bond donors (Lipinski definition) is 1. The van der Waals surface area contributed by atoms with Crippen LogP contribution in [-0.4, -0.2) is 5.54 Å². The molecule has 0 bridgehead atoms. The topological polar surface area (TPSA) is 26.0 Å². The molecule has 2 rings (SSSR count). The van der Waals surface area contributed by atoms with Crippen LogP contribution in [-0.2, 0) is 6.42 Å². The number of aryl methyl sites for hydroxylation is 1. The number of hydrogen-bond acceptors (Lipinski definition) is 1. The molecular formula is C19H30ClN. The van der Waals surface area contributed by atoms with E-state index in [-0.39, 0.29) is 5.54 Å². The van der Waals surface area contributed by atoms with Crippen molar-refractivity contribution >= 4 is 11.6 Å². The molecule has 0 aromatic heterocycles. The Labute approximate surface area is 135 Å². The molecule has 2 unspecified atom stereocenters. The molecule has 2 atom stereocenters. The van der Waals surface area contributed by atoms with Gasteiger partial charge in [0.15, 0.2) is 0 Å². The van der Waals surface area contributed by atoms with E-state index in [1.54, 1.807) is 0 Å². The molecular weight excluding hydrogens is 278 g/mol. The van der Waals surface area contributed by atoms with Gasteiger partial charge in [0.1, 0.15) is 0 Å². The lowest BCUT2D eigenvalue weighted by Gasteiger charge is -2.31.